The number of tetrazole rings is 1. The molecule has 1 N–H and O–H groups in total. The first-order valence-electron chi connectivity index (χ1n) is 6.61. The van der Waals surface area contributed by atoms with E-state index in [1.807, 2.05) is 14.1 Å². The fourth-order valence-electron chi connectivity index (χ4n) is 2.19. The predicted molar refractivity (Wildman–Crippen MR) is 75.4 cm³/mol. The molecule has 7 nitrogen and oxygen atoms in total. The van der Waals surface area contributed by atoms with Crippen molar-refractivity contribution in [2.24, 2.45) is 5.92 Å². The van der Waals surface area contributed by atoms with E-state index in [1.165, 1.54) is 4.52 Å². The minimum absolute atomic E-state index is 0.116. The lowest BCUT2D eigenvalue weighted by molar-refractivity contribution is 0.0934. The van der Waals surface area contributed by atoms with Crippen LogP contribution in [0.4, 0.5) is 0 Å². The smallest absolute Gasteiger partial charge is 0.252 e. The lowest BCUT2D eigenvalue weighted by atomic mass is 10.0. The van der Waals surface area contributed by atoms with E-state index in [4.69, 9.17) is 0 Å². The summed E-state index contributed by atoms with van der Waals surface area (Å²) in [7, 11) is 4.04. The van der Waals surface area contributed by atoms with Gasteiger partial charge in [-0.15, -0.1) is 5.10 Å². The summed E-state index contributed by atoms with van der Waals surface area (Å²) in [6, 6.07) is 3.75. The van der Waals surface area contributed by atoms with E-state index < -0.39 is 0 Å². The van der Waals surface area contributed by atoms with Gasteiger partial charge in [0.05, 0.1) is 5.56 Å². The molecule has 7 heteroatoms. The summed E-state index contributed by atoms with van der Waals surface area (Å²) in [4.78, 5) is 14.3. The van der Waals surface area contributed by atoms with E-state index in [0.29, 0.717) is 29.7 Å². The number of likely N-dealkylation sites (N-methyl/N-ethyl adjacent to an activating group) is 1. The van der Waals surface area contributed by atoms with Gasteiger partial charge in [-0.3, -0.25) is 4.79 Å². The first kappa shape index (κ1) is 14.4. The molecule has 1 unspecified atom stereocenters. The number of carbonyl (C=O) groups is 1. The Morgan fingerprint density at radius 1 is 1.40 bits per heavy atom. The number of hydrogen-bond acceptors (Lipinski definition) is 5. The Morgan fingerprint density at radius 3 is 2.80 bits per heavy atom. The molecule has 0 aliphatic rings. The minimum Gasteiger partial charge on any atom is -0.350 e. The van der Waals surface area contributed by atoms with Gasteiger partial charge >= 0.3 is 0 Å². The predicted octanol–water partition coefficient (Wildman–Crippen LogP) is 0.440. The van der Waals surface area contributed by atoms with Gasteiger partial charge in [-0.2, -0.15) is 4.52 Å². The molecule has 1 atom stereocenters. The summed E-state index contributed by atoms with van der Waals surface area (Å²) in [5.74, 6) is 0.349. The Morgan fingerprint density at radius 2 is 2.15 bits per heavy atom. The van der Waals surface area contributed by atoms with Crippen molar-refractivity contribution < 1.29 is 4.79 Å². The van der Waals surface area contributed by atoms with Crippen LogP contribution in [0.5, 0.6) is 0 Å². The molecule has 0 aliphatic heterocycles. The van der Waals surface area contributed by atoms with Crippen LogP contribution in [0, 0.1) is 5.92 Å². The fraction of sp³-hybridized carbons (Fsp3) is 0.538. The molecule has 0 radical (unpaired) electrons. The van der Waals surface area contributed by atoms with Crippen molar-refractivity contribution in [2.45, 2.75) is 19.9 Å². The Hall–Kier alpha value is -2.02. The van der Waals surface area contributed by atoms with Gasteiger partial charge in [0.15, 0.2) is 5.65 Å². The summed E-state index contributed by atoms with van der Waals surface area (Å²) in [5.41, 5.74) is 1.17. The number of carbonyl (C=O) groups excluding carboxylic acids is 1. The number of nitrogens with zero attached hydrogens (tertiary/aromatic N) is 5. The molecular weight excluding hydrogens is 256 g/mol. The van der Waals surface area contributed by atoms with Crippen molar-refractivity contribution in [3.05, 3.63) is 23.9 Å². The number of pyridine rings is 1. The molecule has 108 valence electrons. The number of rotatable bonds is 5. The molecule has 0 fully saturated rings. The van der Waals surface area contributed by atoms with Gasteiger partial charge in [-0.05, 0) is 42.6 Å². The highest BCUT2D eigenvalue weighted by atomic mass is 16.1. The highest BCUT2D eigenvalue weighted by molar-refractivity contribution is 5.94. The number of amides is 1. The fourth-order valence-corrected chi connectivity index (χ4v) is 2.19. The number of fused-ring (bicyclic) bond motifs is 1. The average molecular weight is 276 g/mol. The molecule has 0 bridgehead atoms. The third-order valence-electron chi connectivity index (χ3n) is 3.36. The quantitative estimate of drug-likeness (QED) is 0.857. The Labute approximate surface area is 118 Å². The van der Waals surface area contributed by atoms with Crippen LogP contribution >= 0.6 is 0 Å². The number of hydrogen-bond donors (Lipinski definition) is 1. The van der Waals surface area contributed by atoms with E-state index in [-0.39, 0.29) is 5.91 Å². The average Bonchev–Trinajstić information content (AvgIpc) is 2.84. The van der Waals surface area contributed by atoms with Gasteiger partial charge < -0.3 is 10.2 Å². The second-order valence-electron chi connectivity index (χ2n) is 5.38. The van der Waals surface area contributed by atoms with Crippen LogP contribution in [0.25, 0.3) is 5.65 Å². The van der Waals surface area contributed by atoms with Crippen LogP contribution < -0.4 is 5.32 Å². The van der Waals surface area contributed by atoms with Gasteiger partial charge in [-0.25, -0.2) is 0 Å². The van der Waals surface area contributed by atoms with Crippen LogP contribution in [-0.4, -0.2) is 57.5 Å². The van der Waals surface area contributed by atoms with Crippen molar-refractivity contribution in [2.75, 3.05) is 20.6 Å². The van der Waals surface area contributed by atoms with E-state index in [1.54, 1.807) is 18.3 Å². The molecule has 0 saturated heterocycles. The summed E-state index contributed by atoms with van der Waals surface area (Å²) < 4.78 is 1.49. The zero-order valence-electron chi connectivity index (χ0n) is 12.2. The summed E-state index contributed by atoms with van der Waals surface area (Å²) in [6.45, 7) is 4.89. The first-order valence-corrected chi connectivity index (χ1v) is 6.61. The largest absolute Gasteiger partial charge is 0.350 e. The molecule has 0 saturated carbocycles. The topological polar surface area (TPSA) is 75.4 Å². The second kappa shape index (κ2) is 5.96. The van der Waals surface area contributed by atoms with Gasteiger partial charge in [0.25, 0.3) is 5.91 Å². The SMILES string of the molecule is CC(C)C(CNC(=O)c1ccc2nnnn2c1)N(C)C. The molecule has 1 amide bonds. The molecule has 0 aliphatic carbocycles. The Bertz CT molecular complexity index is 583. The first-order chi connectivity index (χ1) is 9.49. The van der Waals surface area contributed by atoms with Crippen LogP contribution in [0.2, 0.25) is 0 Å². The van der Waals surface area contributed by atoms with Crippen LogP contribution in [0.15, 0.2) is 18.3 Å². The Balaban J connectivity index is 2.04. The maximum absolute atomic E-state index is 12.1. The lowest BCUT2D eigenvalue weighted by Gasteiger charge is -2.28. The monoisotopic (exact) mass is 276 g/mol. The number of aromatic nitrogens is 4. The zero-order valence-corrected chi connectivity index (χ0v) is 12.2. The second-order valence-corrected chi connectivity index (χ2v) is 5.38. The van der Waals surface area contributed by atoms with Crippen molar-refractivity contribution in [3.8, 4) is 0 Å². The maximum Gasteiger partial charge on any atom is 0.252 e. The standard InChI is InChI=1S/C13H20N6O/c1-9(2)11(18(3)4)7-14-13(20)10-5-6-12-15-16-17-19(12)8-10/h5-6,8-9,11H,7H2,1-4H3,(H,14,20). The summed E-state index contributed by atoms with van der Waals surface area (Å²) >= 11 is 0. The van der Waals surface area contributed by atoms with E-state index in [2.05, 4.69) is 39.6 Å². The van der Waals surface area contributed by atoms with Crippen LogP contribution in [0.3, 0.4) is 0 Å². The van der Waals surface area contributed by atoms with Gasteiger partial charge in [0, 0.05) is 18.8 Å². The molecular formula is C13H20N6O. The molecule has 0 spiro atoms. The highest BCUT2D eigenvalue weighted by Crippen LogP contribution is 2.07. The normalized spacial score (nSPS) is 13.1. The van der Waals surface area contributed by atoms with Gasteiger partial charge in [-0.1, -0.05) is 13.8 Å². The maximum atomic E-state index is 12.1. The molecule has 20 heavy (non-hydrogen) atoms. The van der Waals surface area contributed by atoms with E-state index >= 15 is 0 Å². The van der Waals surface area contributed by atoms with E-state index in [0.717, 1.165) is 0 Å². The van der Waals surface area contributed by atoms with Crippen LogP contribution in [-0.2, 0) is 0 Å². The van der Waals surface area contributed by atoms with Crippen molar-refractivity contribution in [3.63, 3.8) is 0 Å². The Kier molecular flexibility index (Phi) is 4.29. The summed E-state index contributed by atoms with van der Waals surface area (Å²) in [6.07, 6.45) is 1.63. The van der Waals surface area contributed by atoms with Crippen molar-refractivity contribution in [1.29, 1.82) is 0 Å². The zero-order chi connectivity index (χ0) is 14.7. The van der Waals surface area contributed by atoms with Crippen molar-refractivity contribution in [1.82, 2.24) is 30.3 Å². The summed E-state index contributed by atoms with van der Waals surface area (Å²) in [5, 5.41) is 14.1. The lowest BCUT2D eigenvalue weighted by Crippen LogP contribution is -2.43. The molecule has 2 rings (SSSR count). The van der Waals surface area contributed by atoms with Crippen molar-refractivity contribution >= 4 is 11.6 Å². The molecule has 0 aromatic carbocycles. The number of nitrogens with one attached hydrogen (secondary N) is 1. The van der Waals surface area contributed by atoms with Gasteiger partial charge in [0.2, 0.25) is 0 Å². The molecule has 2 heterocycles. The van der Waals surface area contributed by atoms with Gasteiger partial charge in [0.1, 0.15) is 0 Å². The molecule has 2 aromatic rings. The molecule has 2 aromatic heterocycles. The minimum atomic E-state index is -0.116. The third kappa shape index (κ3) is 3.11. The van der Waals surface area contributed by atoms with Crippen LogP contribution in [0.1, 0.15) is 24.2 Å². The van der Waals surface area contributed by atoms with E-state index in [9.17, 15) is 4.79 Å². The third-order valence-corrected chi connectivity index (χ3v) is 3.36. The highest BCUT2D eigenvalue weighted by Gasteiger charge is 2.17.